The van der Waals surface area contributed by atoms with Crippen LogP contribution >= 0.6 is 0 Å². The van der Waals surface area contributed by atoms with Crippen molar-refractivity contribution in [2.75, 3.05) is 0 Å². The average molecular weight is 299 g/mol. The van der Waals surface area contributed by atoms with Crippen LogP contribution in [0.2, 0.25) is 0 Å². The number of hydrogen-bond donors (Lipinski definition) is 0. The van der Waals surface area contributed by atoms with E-state index in [9.17, 15) is 4.79 Å². The molecule has 1 aromatic heterocycles. The quantitative estimate of drug-likeness (QED) is 0.493. The predicted molar refractivity (Wildman–Crippen MR) is 93.8 cm³/mol. The zero-order valence-corrected chi connectivity index (χ0v) is 13.5. The Hall–Kier alpha value is -2.92. The molecule has 0 spiro atoms. The second-order valence-electron chi connectivity index (χ2n) is 5.74. The molecule has 0 amide bonds. The Morgan fingerprint density at radius 2 is 1.61 bits per heavy atom. The third kappa shape index (κ3) is 3.00. The second kappa shape index (κ2) is 6.06. The van der Waals surface area contributed by atoms with E-state index in [4.69, 9.17) is 0 Å². The van der Waals surface area contributed by atoms with Crippen LogP contribution in [0.25, 0.3) is 10.8 Å². The maximum Gasteiger partial charge on any atom is 0.151 e. The summed E-state index contributed by atoms with van der Waals surface area (Å²) >= 11 is 0. The number of carbonyl (C=O) groups excluding carboxylic acids is 1. The van der Waals surface area contributed by atoms with Gasteiger partial charge >= 0.3 is 0 Å². The lowest BCUT2D eigenvalue weighted by Gasteiger charge is -2.08. The molecule has 2 nitrogen and oxygen atoms in total. The Labute approximate surface area is 136 Å². The van der Waals surface area contributed by atoms with E-state index in [1.807, 2.05) is 31.2 Å². The van der Waals surface area contributed by atoms with Crippen molar-refractivity contribution < 1.29 is 4.79 Å². The molecular weight excluding hydrogens is 282 g/mol. The third-order valence-corrected chi connectivity index (χ3v) is 3.99. The minimum absolute atomic E-state index is 0.629. The van der Waals surface area contributed by atoms with E-state index in [0.29, 0.717) is 5.56 Å². The van der Waals surface area contributed by atoms with Gasteiger partial charge in [0.25, 0.3) is 0 Å². The summed E-state index contributed by atoms with van der Waals surface area (Å²) in [5.74, 6) is 6.26. The topological polar surface area (TPSA) is 30.0 Å². The summed E-state index contributed by atoms with van der Waals surface area (Å²) in [5.41, 5.74) is 5.57. The lowest BCUT2D eigenvalue weighted by Crippen LogP contribution is -1.92. The van der Waals surface area contributed by atoms with E-state index in [1.165, 1.54) is 5.56 Å². The van der Waals surface area contributed by atoms with Crippen LogP contribution in [0.4, 0.5) is 0 Å². The molecular formula is C21H17NO. The fourth-order valence-corrected chi connectivity index (χ4v) is 2.67. The van der Waals surface area contributed by atoms with Crippen molar-refractivity contribution in [3.05, 3.63) is 76.1 Å². The van der Waals surface area contributed by atoms with Crippen LogP contribution in [-0.2, 0) is 0 Å². The smallest absolute Gasteiger partial charge is 0.151 e. The molecule has 0 N–H and O–H groups in total. The van der Waals surface area contributed by atoms with E-state index in [2.05, 4.69) is 42.8 Å². The lowest BCUT2D eigenvalue weighted by atomic mass is 9.95. The molecule has 2 heteroatoms. The van der Waals surface area contributed by atoms with Crippen LogP contribution in [0.3, 0.4) is 0 Å². The maximum atomic E-state index is 11.5. The van der Waals surface area contributed by atoms with E-state index >= 15 is 0 Å². The Morgan fingerprint density at radius 3 is 2.26 bits per heavy atom. The van der Waals surface area contributed by atoms with E-state index in [1.54, 1.807) is 6.20 Å². The zero-order chi connectivity index (χ0) is 16.4. The minimum Gasteiger partial charge on any atom is -0.298 e. The highest BCUT2D eigenvalue weighted by atomic mass is 16.1. The number of carbonyl (C=O) groups is 1. The standard InChI is InChI=1S/C21H17NO/c1-14-4-5-15(2)21-12-19(13-23)18(11-20(14)21)7-6-17-8-9-22-16(3)10-17/h4-5,8-13H,1-3H3. The van der Waals surface area contributed by atoms with Crippen LogP contribution in [0.5, 0.6) is 0 Å². The van der Waals surface area contributed by atoms with Gasteiger partial charge in [0.05, 0.1) is 0 Å². The van der Waals surface area contributed by atoms with Gasteiger partial charge in [-0.3, -0.25) is 9.78 Å². The van der Waals surface area contributed by atoms with Crippen LogP contribution in [-0.4, -0.2) is 11.3 Å². The molecule has 0 atom stereocenters. The van der Waals surface area contributed by atoms with Crippen LogP contribution in [0, 0.1) is 32.6 Å². The second-order valence-corrected chi connectivity index (χ2v) is 5.74. The first-order chi connectivity index (χ1) is 11.1. The normalized spacial score (nSPS) is 10.2. The first kappa shape index (κ1) is 15.0. The molecule has 1 heterocycles. The molecule has 2 aromatic carbocycles. The molecule has 23 heavy (non-hydrogen) atoms. The summed E-state index contributed by atoms with van der Waals surface area (Å²) in [6, 6.07) is 11.9. The molecule has 0 aliphatic rings. The number of aryl methyl sites for hydroxylation is 3. The van der Waals surface area contributed by atoms with Gasteiger partial charge in [-0.2, -0.15) is 0 Å². The fraction of sp³-hybridized carbons (Fsp3) is 0.143. The average Bonchev–Trinajstić information content (AvgIpc) is 2.56. The zero-order valence-electron chi connectivity index (χ0n) is 13.5. The van der Waals surface area contributed by atoms with Gasteiger partial charge < -0.3 is 0 Å². The first-order valence-corrected chi connectivity index (χ1v) is 7.52. The summed E-state index contributed by atoms with van der Waals surface area (Å²) < 4.78 is 0. The molecule has 0 aliphatic heterocycles. The third-order valence-electron chi connectivity index (χ3n) is 3.99. The van der Waals surface area contributed by atoms with E-state index in [0.717, 1.165) is 39.4 Å². The summed E-state index contributed by atoms with van der Waals surface area (Å²) in [7, 11) is 0. The minimum atomic E-state index is 0.629. The predicted octanol–water partition coefficient (Wildman–Crippen LogP) is 4.37. The van der Waals surface area contributed by atoms with Crippen LogP contribution in [0.15, 0.2) is 42.6 Å². The number of benzene rings is 2. The lowest BCUT2D eigenvalue weighted by molar-refractivity contribution is 0.112. The van der Waals surface area contributed by atoms with Crippen molar-refractivity contribution in [2.45, 2.75) is 20.8 Å². The Bertz CT molecular complexity index is 974. The molecule has 3 aromatic rings. The van der Waals surface area contributed by atoms with Gasteiger partial charge in [0.15, 0.2) is 6.29 Å². The largest absolute Gasteiger partial charge is 0.298 e. The molecule has 0 fully saturated rings. The molecule has 0 radical (unpaired) electrons. The molecule has 3 rings (SSSR count). The molecule has 0 aliphatic carbocycles. The van der Waals surface area contributed by atoms with Crippen molar-refractivity contribution in [3.8, 4) is 11.8 Å². The van der Waals surface area contributed by atoms with Gasteiger partial charge in [-0.05, 0) is 66.9 Å². The number of rotatable bonds is 1. The van der Waals surface area contributed by atoms with Crippen molar-refractivity contribution >= 4 is 17.1 Å². The van der Waals surface area contributed by atoms with Crippen molar-refractivity contribution in [3.63, 3.8) is 0 Å². The number of fused-ring (bicyclic) bond motifs is 1. The van der Waals surface area contributed by atoms with E-state index < -0.39 is 0 Å². The number of hydrogen-bond acceptors (Lipinski definition) is 2. The molecule has 0 bridgehead atoms. The van der Waals surface area contributed by atoms with Gasteiger partial charge in [0.1, 0.15) is 0 Å². The Morgan fingerprint density at radius 1 is 0.913 bits per heavy atom. The summed E-state index contributed by atoms with van der Waals surface area (Å²) in [6.45, 7) is 6.07. The monoisotopic (exact) mass is 299 g/mol. The van der Waals surface area contributed by atoms with Gasteiger partial charge in [0, 0.05) is 28.6 Å². The van der Waals surface area contributed by atoms with Crippen LogP contribution in [0.1, 0.15) is 38.3 Å². The summed E-state index contributed by atoms with van der Waals surface area (Å²) in [4.78, 5) is 15.6. The highest BCUT2D eigenvalue weighted by molar-refractivity contribution is 5.95. The number of nitrogens with zero attached hydrogens (tertiary/aromatic N) is 1. The van der Waals surface area contributed by atoms with Gasteiger partial charge in [-0.15, -0.1) is 0 Å². The number of aromatic nitrogens is 1. The Balaban J connectivity index is 2.18. The van der Waals surface area contributed by atoms with Gasteiger partial charge in [-0.25, -0.2) is 0 Å². The van der Waals surface area contributed by atoms with Crippen LogP contribution < -0.4 is 0 Å². The van der Waals surface area contributed by atoms with Crippen molar-refractivity contribution in [1.29, 1.82) is 0 Å². The summed E-state index contributed by atoms with van der Waals surface area (Å²) in [6.07, 6.45) is 2.62. The molecule has 0 saturated carbocycles. The Kier molecular flexibility index (Phi) is 3.95. The fourth-order valence-electron chi connectivity index (χ4n) is 2.67. The molecule has 112 valence electrons. The highest BCUT2D eigenvalue weighted by Crippen LogP contribution is 2.25. The van der Waals surface area contributed by atoms with Crippen molar-refractivity contribution in [1.82, 2.24) is 4.98 Å². The first-order valence-electron chi connectivity index (χ1n) is 7.52. The highest BCUT2D eigenvalue weighted by Gasteiger charge is 2.06. The number of aldehydes is 1. The van der Waals surface area contributed by atoms with Crippen molar-refractivity contribution in [2.24, 2.45) is 0 Å². The summed E-state index contributed by atoms with van der Waals surface area (Å²) in [5, 5.41) is 2.25. The number of pyridine rings is 1. The molecule has 0 unspecified atom stereocenters. The van der Waals surface area contributed by atoms with Gasteiger partial charge in [-0.1, -0.05) is 24.0 Å². The van der Waals surface area contributed by atoms with E-state index in [-0.39, 0.29) is 0 Å². The van der Waals surface area contributed by atoms with Gasteiger partial charge in [0.2, 0.25) is 0 Å². The molecule has 0 saturated heterocycles. The SMILES string of the molecule is Cc1cc(C#Cc2cc3c(C)ccc(C)c3cc2C=O)ccn1. The maximum absolute atomic E-state index is 11.5.